The van der Waals surface area contributed by atoms with Crippen LogP contribution in [0.2, 0.25) is 0 Å². The van der Waals surface area contributed by atoms with E-state index in [-0.39, 0.29) is 12.6 Å². The molecule has 0 aliphatic heterocycles. The van der Waals surface area contributed by atoms with Crippen molar-refractivity contribution in [2.45, 2.75) is 65.0 Å². The van der Waals surface area contributed by atoms with Gasteiger partial charge in [-0.25, -0.2) is 4.79 Å². The molecule has 6 heteroatoms. The highest BCUT2D eigenvalue weighted by Crippen LogP contribution is 2.33. The SMILES string of the molecule is CCOC(=O)c1c(C)n(-c2ccc(C)cc2)c2ccc(OC[C@@H](O)CNC3CCCCC3)cc12. The molecule has 0 unspecified atom stereocenters. The molecule has 1 aliphatic carbocycles. The normalized spacial score (nSPS) is 15.4. The third-order valence-corrected chi connectivity index (χ3v) is 6.64. The number of fused-ring (bicyclic) bond motifs is 1. The molecular weight excluding hydrogens is 428 g/mol. The third-order valence-electron chi connectivity index (χ3n) is 6.64. The van der Waals surface area contributed by atoms with Crippen LogP contribution in [0.25, 0.3) is 16.6 Å². The number of aliphatic hydroxyl groups excluding tert-OH is 1. The van der Waals surface area contributed by atoms with Crippen LogP contribution >= 0.6 is 0 Å². The average Bonchev–Trinajstić information content (AvgIpc) is 3.14. The number of carbonyl (C=O) groups is 1. The Morgan fingerprint density at radius 3 is 2.56 bits per heavy atom. The van der Waals surface area contributed by atoms with Gasteiger partial charge in [-0.05, 0) is 63.9 Å². The van der Waals surface area contributed by atoms with E-state index in [0.717, 1.165) is 22.3 Å². The van der Waals surface area contributed by atoms with Gasteiger partial charge in [-0.3, -0.25) is 0 Å². The number of ether oxygens (including phenoxy) is 2. The number of nitrogens with one attached hydrogen (secondary N) is 1. The molecule has 6 nitrogen and oxygen atoms in total. The van der Waals surface area contributed by atoms with E-state index < -0.39 is 6.10 Å². The second kappa shape index (κ2) is 11.1. The first-order valence-electron chi connectivity index (χ1n) is 12.4. The van der Waals surface area contributed by atoms with Gasteiger partial charge in [0, 0.05) is 29.4 Å². The lowest BCUT2D eigenvalue weighted by Crippen LogP contribution is -2.38. The number of aryl methyl sites for hydroxylation is 1. The van der Waals surface area contributed by atoms with Gasteiger partial charge in [0.2, 0.25) is 0 Å². The molecule has 2 N–H and O–H groups in total. The summed E-state index contributed by atoms with van der Waals surface area (Å²) in [7, 11) is 0. The van der Waals surface area contributed by atoms with Crippen molar-refractivity contribution in [1.29, 1.82) is 0 Å². The number of carbonyl (C=O) groups excluding carboxylic acids is 1. The van der Waals surface area contributed by atoms with Crippen molar-refractivity contribution < 1.29 is 19.4 Å². The molecule has 1 heterocycles. The Hall–Kier alpha value is -2.83. The van der Waals surface area contributed by atoms with E-state index in [4.69, 9.17) is 9.47 Å². The minimum Gasteiger partial charge on any atom is -0.491 e. The van der Waals surface area contributed by atoms with Crippen LogP contribution in [0.5, 0.6) is 5.75 Å². The van der Waals surface area contributed by atoms with Gasteiger partial charge in [-0.2, -0.15) is 0 Å². The molecule has 0 bridgehead atoms. The van der Waals surface area contributed by atoms with Crippen molar-refractivity contribution >= 4 is 16.9 Å². The maximum atomic E-state index is 12.9. The number of benzene rings is 2. The van der Waals surface area contributed by atoms with Crippen LogP contribution in [0, 0.1) is 13.8 Å². The van der Waals surface area contributed by atoms with Crippen LogP contribution in [-0.4, -0.2) is 47.5 Å². The van der Waals surface area contributed by atoms with E-state index in [1.165, 1.54) is 37.7 Å². The van der Waals surface area contributed by atoms with E-state index in [9.17, 15) is 9.90 Å². The fraction of sp³-hybridized carbons (Fsp3) is 0.464. The lowest BCUT2D eigenvalue weighted by atomic mass is 9.95. The predicted molar refractivity (Wildman–Crippen MR) is 135 cm³/mol. The van der Waals surface area contributed by atoms with Crippen molar-refractivity contribution in [3.63, 3.8) is 0 Å². The summed E-state index contributed by atoms with van der Waals surface area (Å²) in [5.41, 5.74) is 4.45. The zero-order chi connectivity index (χ0) is 24.1. The van der Waals surface area contributed by atoms with E-state index >= 15 is 0 Å². The highest BCUT2D eigenvalue weighted by molar-refractivity contribution is 6.07. The molecule has 1 saturated carbocycles. The summed E-state index contributed by atoms with van der Waals surface area (Å²) in [6.07, 6.45) is 5.59. The van der Waals surface area contributed by atoms with Gasteiger partial charge < -0.3 is 24.5 Å². The molecule has 4 rings (SSSR count). The largest absolute Gasteiger partial charge is 0.491 e. The van der Waals surface area contributed by atoms with Gasteiger partial charge in [0.25, 0.3) is 0 Å². The summed E-state index contributed by atoms with van der Waals surface area (Å²) in [4.78, 5) is 12.9. The smallest absolute Gasteiger partial charge is 0.340 e. The van der Waals surface area contributed by atoms with Gasteiger partial charge in [0.1, 0.15) is 18.5 Å². The van der Waals surface area contributed by atoms with Crippen LogP contribution in [0.3, 0.4) is 0 Å². The molecular formula is C28H36N2O4. The molecule has 0 spiro atoms. The molecule has 0 amide bonds. The Morgan fingerprint density at radius 2 is 1.85 bits per heavy atom. The monoisotopic (exact) mass is 464 g/mol. The number of aliphatic hydroxyl groups is 1. The molecule has 2 aromatic carbocycles. The Labute approximate surface area is 201 Å². The Bertz CT molecular complexity index is 1110. The maximum Gasteiger partial charge on any atom is 0.340 e. The Kier molecular flexibility index (Phi) is 7.91. The van der Waals surface area contributed by atoms with Gasteiger partial charge >= 0.3 is 5.97 Å². The minimum absolute atomic E-state index is 0.192. The number of rotatable bonds is 9. The Morgan fingerprint density at radius 1 is 1.12 bits per heavy atom. The zero-order valence-electron chi connectivity index (χ0n) is 20.5. The van der Waals surface area contributed by atoms with E-state index in [0.29, 0.717) is 30.5 Å². The van der Waals surface area contributed by atoms with Crippen LogP contribution in [0.4, 0.5) is 0 Å². The number of hydrogen-bond donors (Lipinski definition) is 2. The average molecular weight is 465 g/mol. The summed E-state index contributed by atoms with van der Waals surface area (Å²) in [6, 6.07) is 14.5. The van der Waals surface area contributed by atoms with Gasteiger partial charge in [-0.1, -0.05) is 37.0 Å². The maximum absolute atomic E-state index is 12.9. The van der Waals surface area contributed by atoms with Crippen molar-refractivity contribution in [1.82, 2.24) is 9.88 Å². The number of esters is 1. The summed E-state index contributed by atoms with van der Waals surface area (Å²) in [5, 5.41) is 14.7. The molecule has 0 radical (unpaired) electrons. The van der Waals surface area contributed by atoms with Crippen molar-refractivity contribution in [3.8, 4) is 11.4 Å². The van der Waals surface area contributed by atoms with E-state index in [2.05, 4.69) is 41.1 Å². The molecule has 1 aromatic heterocycles. The topological polar surface area (TPSA) is 72.7 Å². The van der Waals surface area contributed by atoms with Gasteiger partial charge in [0.05, 0.1) is 17.7 Å². The zero-order valence-corrected chi connectivity index (χ0v) is 20.5. The predicted octanol–water partition coefficient (Wildman–Crippen LogP) is 5.09. The van der Waals surface area contributed by atoms with Crippen LogP contribution in [0.1, 0.15) is 60.6 Å². The lowest BCUT2D eigenvalue weighted by Gasteiger charge is -2.24. The van der Waals surface area contributed by atoms with Crippen LogP contribution in [-0.2, 0) is 4.74 Å². The first-order valence-corrected chi connectivity index (χ1v) is 12.4. The lowest BCUT2D eigenvalue weighted by molar-refractivity contribution is 0.0527. The highest BCUT2D eigenvalue weighted by Gasteiger charge is 2.23. The molecule has 1 fully saturated rings. The van der Waals surface area contributed by atoms with Gasteiger partial charge in [-0.15, -0.1) is 0 Å². The first kappa shape index (κ1) is 24.3. The summed E-state index contributed by atoms with van der Waals surface area (Å²) in [5.74, 6) is 0.278. The highest BCUT2D eigenvalue weighted by atomic mass is 16.5. The number of hydrogen-bond acceptors (Lipinski definition) is 5. The Balaban J connectivity index is 1.55. The van der Waals surface area contributed by atoms with Gasteiger partial charge in [0.15, 0.2) is 0 Å². The summed E-state index contributed by atoms with van der Waals surface area (Å²) < 4.78 is 13.4. The molecule has 0 saturated heterocycles. The van der Waals surface area contributed by atoms with E-state index in [1.54, 1.807) is 0 Å². The second-order valence-electron chi connectivity index (χ2n) is 9.24. The molecule has 3 aromatic rings. The molecule has 182 valence electrons. The molecule has 1 aliphatic rings. The van der Waals surface area contributed by atoms with Crippen LogP contribution < -0.4 is 10.1 Å². The van der Waals surface area contributed by atoms with Crippen molar-refractivity contribution in [2.24, 2.45) is 0 Å². The standard InChI is InChI=1S/C28H36N2O4/c1-4-33-28(32)27-20(3)30(22-12-10-19(2)11-13-22)26-15-14-24(16-25(26)27)34-18-23(31)17-29-21-8-6-5-7-9-21/h10-16,21,23,29,31H,4-9,17-18H2,1-3H3/t23-/m0/s1. The minimum atomic E-state index is -0.596. The fourth-order valence-corrected chi connectivity index (χ4v) is 4.84. The first-order chi connectivity index (χ1) is 16.5. The number of nitrogens with zero attached hydrogens (tertiary/aromatic N) is 1. The molecule has 34 heavy (non-hydrogen) atoms. The third kappa shape index (κ3) is 5.45. The van der Waals surface area contributed by atoms with Crippen LogP contribution in [0.15, 0.2) is 42.5 Å². The summed E-state index contributed by atoms with van der Waals surface area (Å²) >= 11 is 0. The van der Waals surface area contributed by atoms with Crippen molar-refractivity contribution in [3.05, 3.63) is 59.3 Å². The number of aromatic nitrogens is 1. The second-order valence-corrected chi connectivity index (χ2v) is 9.24. The fourth-order valence-electron chi connectivity index (χ4n) is 4.84. The quantitative estimate of drug-likeness (QED) is 0.432. The van der Waals surface area contributed by atoms with Crippen molar-refractivity contribution in [2.75, 3.05) is 19.8 Å². The summed E-state index contributed by atoms with van der Waals surface area (Å²) in [6.45, 7) is 6.82. The molecule has 1 atom stereocenters. The van der Waals surface area contributed by atoms with E-state index in [1.807, 2.05) is 32.0 Å².